The van der Waals surface area contributed by atoms with Crippen molar-refractivity contribution < 1.29 is 19.1 Å². The number of hydrogen-bond acceptors (Lipinski definition) is 4. The Morgan fingerprint density at radius 1 is 1.36 bits per heavy atom. The smallest absolute Gasteiger partial charge is 0.337 e. The van der Waals surface area contributed by atoms with Gasteiger partial charge in [-0.15, -0.1) is 0 Å². The monoisotopic (exact) mass is 200 g/mol. The predicted octanol–water partition coefficient (Wildman–Crippen LogP) is 1.45. The Hall–Kier alpha value is -1.32. The zero-order valence-corrected chi connectivity index (χ0v) is 8.83. The molecule has 80 valence electrons. The molecule has 4 nitrogen and oxygen atoms in total. The summed E-state index contributed by atoms with van der Waals surface area (Å²) < 4.78 is 9.63. The van der Waals surface area contributed by atoms with Crippen LogP contribution in [0, 0.1) is 0 Å². The van der Waals surface area contributed by atoms with E-state index in [-0.39, 0.29) is 12.2 Å². The standard InChI is InChI=1S/C10H16O4/c1-5-9(14-8(4)11)7(3)10(12)13-6-2/h9H,3,5-6H2,1-2,4H3/t9-/m1/s1. The SMILES string of the molecule is C=C(C(=O)OCC)[C@@H](CC)OC(C)=O. The molecule has 0 heterocycles. The van der Waals surface area contributed by atoms with Crippen molar-refractivity contribution in [1.82, 2.24) is 0 Å². The molecule has 0 fully saturated rings. The maximum absolute atomic E-state index is 11.2. The highest BCUT2D eigenvalue weighted by molar-refractivity contribution is 5.89. The predicted molar refractivity (Wildman–Crippen MR) is 51.6 cm³/mol. The Balaban J connectivity index is 4.30. The Bertz CT molecular complexity index is 232. The third-order valence-electron chi connectivity index (χ3n) is 1.61. The number of carbonyl (C=O) groups excluding carboxylic acids is 2. The molecule has 0 unspecified atom stereocenters. The summed E-state index contributed by atoms with van der Waals surface area (Å²) >= 11 is 0. The van der Waals surface area contributed by atoms with E-state index in [2.05, 4.69) is 6.58 Å². The van der Waals surface area contributed by atoms with Crippen LogP contribution in [-0.2, 0) is 19.1 Å². The average Bonchev–Trinajstić information content (AvgIpc) is 2.13. The Morgan fingerprint density at radius 3 is 2.29 bits per heavy atom. The van der Waals surface area contributed by atoms with Crippen LogP contribution in [0.25, 0.3) is 0 Å². The summed E-state index contributed by atoms with van der Waals surface area (Å²) in [5.74, 6) is -0.942. The molecule has 0 saturated heterocycles. The van der Waals surface area contributed by atoms with Crippen LogP contribution >= 0.6 is 0 Å². The summed E-state index contributed by atoms with van der Waals surface area (Å²) in [6, 6.07) is 0. The van der Waals surface area contributed by atoms with Gasteiger partial charge in [0.05, 0.1) is 12.2 Å². The molecule has 0 aromatic rings. The van der Waals surface area contributed by atoms with E-state index in [9.17, 15) is 9.59 Å². The lowest BCUT2D eigenvalue weighted by atomic mass is 10.1. The third-order valence-corrected chi connectivity index (χ3v) is 1.61. The van der Waals surface area contributed by atoms with Crippen LogP contribution in [0.2, 0.25) is 0 Å². The van der Waals surface area contributed by atoms with E-state index in [1.807, 2.05) is 0 Å². The third kappa shape index (κ3) is 4.07. The van der Waals surface area contributed by atoms with Crippen LogP contribution in [0.3, 0.4) is 0 Å². The highest BCUT2D eigenvalue weighted by Gasteiger charge is 2.20. The first-order chi connectivity index (χ1) is 6.52. The number of ether oxygens (including phenoxy) is 2. The van der Waals surface area contributed by atoms with Gasteiger partial charge in [0.25, 0.3) is 0 Å². The maximum atomic E-state index is 11.2. The fourth-order valence-corrected chi connectivity index (χ4v) is 0.956. The zero-order valence-electron chi connectivity index (χ0n) is 8.83. The van der Waals surface area contributed by atoms with Gasteiger partial charge in [0.2, 0.25) is 0 Å². The molecule has 0 aromatic heterocycles. The first kappa shape index (κ1) is 12.7. The summed E-state index contributed by atoms with van der Waals surface area (Å²) in [5.41, 5.74) is 0.185. The molecule has 0 aliphatic heterocycles. The fraction of sp³-hybridized carbons (Fsp3) is 0.600. The molecule has 0 spiro atoms. The minimum absolute atomic E-state index is 0.185. The first-order valence-corrected chi connectivity index (χ1v) is 4.56. The maximum Gasteiger partial charge on any atom is 0.337 e. The van der Waals surface area contributed by atoms with Crippen LogP contribution in [0.15, 0.2) is 12.2 Å². The molecule has 4 heteroatoms. The van der Waals surface area contributed by atoms with Crippen LogP contribution in [0.4, 0.5) is 0 Å². The second-order valence-electron chi connectivity index (χ2n) is 2.75. The van der Waals surface area contributed by atoms with Gasteiger partial charge in [0, 0.05) is 6.92 Å². The van der Waals surface area contributed by atoms with Crippen molar-refractivity contribution in [3.8, 4) is 0 Å². The molecule has 0 rings (SSSR count). The van der Waals surface area contributed by atoms with E-state index in [1.54, 1.807) is 13.8 Å². The Labute approximate surface area is 83.9 Å². The van der Waals surface area contributed by atoms with Gasteiger partial charge in [-0.25, -0.2) is 4.79 Å². The highest BCUT2D eigenvalue weighted by Crippen LogP contribution is 2.10. The summed E-state index contributed by atoms with van der Waals surface area (Å²) in [6.07, 6.45) is -0.0661. The van der Waals surface area contributed by atoms with E-state index in [0.29, 0.717) is 6.42 Å². The number of carbonyl (C=O) groups is 2. The molecular formula is C10H16O4. The van der Waals surface area contributed by atoms with Crippen molar-refractivity contribution in [1.29, 1.82) is 0 Å². The Kier molecular flexibility index (Phi) is 5.60. The van der Waals surface area contributed by atoms with Gasteiger partial charge < -0.3 is 9.47 Å². The molecule has 0 aromatic carbocycles. The van der Waals surface area contributed by atoms with Crippen molar-refractivity contribution in [2.75, 3.05) is 6.61 Å². The van der Waals surface area contributed by atoms with Gasteiger partial charge >= 0.3 is 11.9 Å². The molecular weight excluding hydrogens is 184 g/mol. The molecule has 14 heavy (non-hydrogen) atoms. The van der Waals surface area contributed by atoms with Crippen molar-refractivity contribution in [2.24, 2.45) is 0 Å². The van der Waals surface area contributed by atoms with Gasteiger partial charge in [-0.1, -0.05) is 13.5 Å². The van der Waals surface area contributed by atoms with Gasteiger partial charge in [-0.05, 0) is 13.3 Å². The largest absolute Gasteiger partial charge is 0.463 e. The second-order valence-corrected chi connectivity index (χ2v) is 2.75. The van der Waals surface area contributed by atoms with E-state index in [0.717, 1.165) is 0 Å². The van der Waals surface area contributed by atoms with E-state index < -0.39 is 18.0 Å². The second kappa shape index (κ2) is 6.18. The minimum atomic E-state index is -0.577. The lowest BCUT2D eigenvalue weighted by Gasteiger charge is -2.16. The molecule has 0 aliphatic carbocycles. The quantitative estimate of drug-likeness (QED) is 0.498. The van der Waals surface area contributed by atoms with Gasteiger partial charge in [0.15, 0.2) is 0 Å². The zero-order chi connectivity index (χ0) is 11.1. The fourth-order valence-electron chi connectivity index (χ4n) is 0.956. The van der Waals surface area contributed by atoms with Crippen molar-refractivity contribution in [3.63, 3.8) is 0 Å². The van der Waals surface area contributed by atoms with Crippen LogP contribution in [0.5, 0.6) is 0 Å². The minimum Gasteiger partial charge on any atom is -0.463 e. The molecule has 0 bridgehead atoms. The van der Waals surface area contributed by atoms with Crippen LogP contribution in [-0.4, -0.2) is 24.6 Å². The molecule has 1 atom stereocenters. The normalized spacial score (nSPS) is 11.6. The summed E-state index contributed by atoms with van der Waals surface area (Å²) in [7, 11) is 0. The van der Waals surface area contributed by atoms with Crippen molar-refractivity contribution in [2.45, 2.75) is 33.3 Å². The van der Waals surface area contributed by atoms with E-state index in [1.165, 1.54) is 6.92 Å². The summed E-state index contributed by atoms with van der Waals surface area (Å²) in [6.45, 7) is 8.63. The van der Waals surface area contributed by atoms with Gasteiger partial charge in [-0.2, -0.15) is 0 Å². The van der Waals surface area contributed by atoms with E-state index in [4.69, 9.17) is 9.47 Å². The van der Waals surface area contributed by atoms with Crippen LogP contribution in [0.1, 0.15) is 27.2 Å². The first-order valence-electron chi connectivity index (χ1n) is 4.56. The highest BCUT2D eigenvalue weighted by atomic mass is 16.6. The molecule has 0 aliphatic rings. The Morgan fingerprint density at radius 2 is 1.93 bits per heavy atom. The molecule has 0 N–H and O–H groups in total. The number of hydrogen-bond donors (Lipinski definition) is 0. The average molecular weight is 200 g/mol. The summed E-state index contributed by atoms with van der Waals surface area (Å²) in [4.78, 5) is 21.9. The number of rotatable bonds is 5. The lowest BCUT2D eigenvalue weighted by molar-refractivity contribution is -0.147. The van der Waals surface area contributed by atoms with Gasteiger partial charge in [-0.3, -0.25) is 4.79 Å². The van der Waals surface area contributed by atoms with Crippen LogP contribution < -0.4 is 0 Å². The van der Waals surface area contributed by atoms with Crippen molar-refractivity contribution >= 4 is 11.9 Å². The van der Waals surface area contributed by atoms with E-state index >= 15 is 0 Å². The topological polar surface area (TPSA) is 52.6 Å². The molecule has 0 radical (unpaired) electrons. The molecule has 0 saturated carbocycles. The van der Waals surface area contributed by atoms with Gasteiger partial charge in [0.1, 0.15) is 6.10 Å². The molecule has 0 amide bonds. The lowest BCUT2D eigenvalue weighted by Crippen LogP contribution is -2.23. The summed E-state index contributed by atoms with van der Waals surface area (Å²) in [5, 5.41) is 0. The van der Waals surface area contributed by atoms with Crippen molar-refractivity contribution in [3.05, 3.63) is 12.2 Å². The number of esters is 2.